The van der Waals surface area contributed by atoms with E-state index in [4.69, 9.17) is 9.47 Å². The van der Waals surface area contributed by atoms with Crippen molar-refractivity contribution in [1.29, 1.82) is 0 Å². The summed E-state index contributed by atoms with van der Waals surface area (Å²) in [7, 11) is 3.14. The van der Waals surface area contributed by atoms with Crippen LogP contribution >= 0.6 is 27.3 Å². The molecule has 8 heteroatoms. The van der Waals surface area contributed by atoms with Crippen molar-refractivity contribution in [2.24, 2.45) is 0 Å². The second kappa shape index (κ2) is 7.76. The molecular formula is C18H15BrN2O4S. The molecule has 0 saturated carbocycles. The van der Waals surface area contributed by atoms with E-state index in [1.165, 1.54) is 17.4 Å². The molecule has 2 aromatic carbocycles. The zero-order chi connectivity index (χ0) is 18.7. The fraction of sp³-hybridized carbons (Fsp3) is 0.111. The van der Waals surface area contributed by atoms with Gasteiger partial charge in [-0.25, -0.2) is 4.98 Å². The van der Waals surface area contributed by atoms with Gasteiger partial charge in [0, 0.05) is 15.4 Å². The molecule has 0 aliphatic rings. The molecule has 3 rings (SSSR count). The molecule has 0 aliphatic heterocycles. The first-order valence-electron chi connectivity index (χ1n) is 7.49. The predicted molar refractivity (Wildman–Crippen MR) is 104 cm³/mol. The van der Waals surface area contributed by atoms with Gasteiger partial charge in [-0.15, -0.1) is 11.3 Å². The van der Waals surface area contributed by atoms with E-state index in [0.717, 1.165) is 5.56 Å². The number of halogens is 1. The van der Waals surface area contributed by atoms with Crippen LogP contribution in [0.3, 0.4) is 0 Å². The zero-order valence-corrected chi connectivity index (χ0v) is 16.3. The summed E-state index contributed by atoms with van der Waals surface area (Å²) in [4.78, 5) is 16.8. The van der Waals surface area contributed by atoms with Crippen LogP contribution in [0.25, 0.3) is 11.3 Å². The zero-order valence-electron chi connectivity index (χ0n) is 13.9. The van der Waals surface area contributed by atoms with Gasteiger partial charge in [-0.2, -0.15) is 0 Å². The maximum absolute atomic E-state index is 12.4. The van der Waals surface area contributed by atoms with Crippen LogP contribution in [0.1, 0.15) is 10.4 Å². The van der Waals surface area contributed by atoms with Crippen LogP contribution in [0.4, 0.5) is 5.13 Å². The molecule has 1 aromatic heterocycles. The minimum atomic E-state index is -0.433. The molecule has 0 atom stereocenters. The third-order valence-electron chi connectivity index (χ3n) is 3.61. The van der Waals surface area contributed by atoms with E-state index in [2.05, 4.69) is 26.2 Å². The number of ether oxygens (including phenoxy) is 2. The summed E-state index contributed by atoms with van der Waals surface area (Å²) in [5.74, 6) is 0.701. The van der Waals surface area contributed by atoms with E-state index in [9.17, 15) is 9.90 Å². The number of nitrogens with one attached hydrogen (secondary N) is 1. The standard InChI is InChI=1S/C18H15BrN2O4S/c1-24-15-6-3-10(7-16(15)25-2)13-9-26-18(20-13)21-17(23)12-8-11(19)4-5-14(12)22/h3-9,22H,1-2H3,(H,20,21,23). The monoisotopic (exact) mass is 434 g/mol. The Hall–Kier alpha value is -2.58. The van der Waals surface area contributed by atoms with Gasteiger partial charge in [-0.05, 0) is 36.4 Å². The van der Waals surface area contributed by atoms with Crippen molar-refractivity contribution < 1.29 is 19.4 Å². The molecule has 0 saturated heterocycles. The third kappa shape index (κ3) is 3.81. The van der Waals surface area contributed by atoms with Crippen molar-refractivity contribution in [3.05, 3.63) is 51.8 Å². The van der Waals surface area contributed by atoms with Gasteiger partial charge in [0.25, 0.3) is 5.91 Å². The van der Waals surface area contributed by atoms with Gasteiger partial charge in [0.05, 0.1) is 25.5 Å². The molecule has 26 heavy (non-hydrogen) atoms. The number of methoxy groups -OCH3 is 2. The minimum Gasteiger partial charge on any atom is -0.507 e. The lowest BCUT2D eigenvalue weighted by Gasteiger charge is -2.08. The van der Waals surface area contributed by atoms with Crippen LogP contribution in [0.15, 0.2) is 46.3 Å². The number of phenols is 1. The summed E-state index contributed by atoms with van der Waals surface area (Å²) in [6.45, 7) is 0. The Bertz CT molecular complexity index is 958. The highest BCUT2D eigenvalue weighted by Gasteiger charge is 2.15. The van der Waals surface area contributed by atoms with E-state index in [0.29, 0.717) is 26.8 Å². The quantitative estimate of drug-likeness (QED) is 0.615. The second-order valence-electron chi connectivity index (χ2n) is 5.22. The Kier molecular flexibility index (Phi) is 5.43. The van der Waals surface area contributed by atoms with Crippen molar-refractivity contribution in [2.45, 2.75) is 0 Å². The Morgan fingerprint density at radius 3 is 2.65 bits per heavy atom. The highest BCUT2D eigenvalue weighted by Crippen LogP contribution is 2.33. The van der Waals surface area contributed by atoms with E-state index in [1.807, 2.05) is 17.5 Å². The number of hydrogen-bond acceptors (Lipinski definition) is 6. The summed E-state index contributed by atoms with van der Waals surface area (Å²) >= 11 is 4.58. The number of nitrogens with zero attached hydrogens (tertiary/aromatic N) is 1. The van der Waals surface area contributed by atoms with Crippen molar-refractivity contribution in [2.75, 3.05) is 19.5 Å². The molecule has 134 valence electrons. The van der Waals surface area contributed by atoms with Gasteiger partial charge >= 0.3 is 0 Å². The van der Waals surface area contributed by atoms with Crippen LogP contribution in [0.5, 0.6) is 17.2 Å². The minimum absolute atomic E-state index is 0.0950. The molecule has 1 amide bonds. The van der Waals surface area contributed by atoms with E-state index >= 15 is 0 Å². The van der Waals surface area contributed by atoms with Crippen molar-refractivity contribution in [1.82, 2.24) is 4.98 Å². The van der Waals surface area contributed by atoms with Crippen molar-refractivity contribution >= 4 is 38.3 Å². The number of aromatic hydroxyl groups is 1. The lowest BCUT2D eigenvalue weighted by molar-refractivity contribution is 0.102. The Morgan fingerprint density at radius 2 is 1.92 bits per heavy atom. The molecule has 6 nitrogen and oxygen atoms in total. The van der Waals surface area contributed by atoms with Gasteiger partial charge in [0.1, 0.15) is 5.75 Å². The normalized spacial score (nSPS) is 10.4. The number of phenolic OH excluding ortho intramolecular Hbond substituents is 1. The highest BCUT2D eigenvalue weighted by atomic mass is 79.9. The van der Waals surface area contributed by atoms with E-state index in [-0.39, 0.29) is 11.3 Å². The first-order valence-corrected chi connectivity index (χ1v) is 9.17. The van der Waals surface area contributed by atoms with Gasteiger partial charge in [-0.1, -0.05) is 15.9 Å². The number of aromatic nitrogens is 1. The average Bonchev–Trinajstić information content (AvgIpc) is 3.11. The Labute approximate surface area is 162 Å². The highest BCUT2D eigenvalue weighted by molar-refractivity contribution is 9.10. The maximum atomic E-state index is 12.4. The number of rotatable bonds is 5. The molecule has 0 fully saturated rings. The average molecular weight is 435 g/mol. The molecule has 0 unspecified atom stereocenters. The van der Waals surface area contributed by atoms with Crippen LogP contribution in [0, 0.1) is 0 Å². The van der Waals surface area contributed by atoms with E-state index < -0.39 is 5.91 Å². The first kappa shape index (κ1) is 18.2. The maximum Gasteiger partial charge on any atom is 0.261 e. The molecule has 1 heterocycles. The number of carbonyl (C=O) groups excluding carboxylic acids is 1. The van der Waals surface area contributed by atoms with Gasteiger partial charge in [-0.3, -0.25) is 10.1 Å². The summed E-state index contributed by atoms with van der Waals surface area (Å²) < 4.78 is 11.2. The molecule has 3 aromatic rings. The van der Waals surface area contributed by atoms with Crippen LogP contribution in [-0.2, 0) is 0 Å². The first-order chi connectivity index (χ1) is 12.5. The summed E-state index contributed by atoms with van der Waals surface area (Å²) in [6, 6.07) is 10.1. The van der Waals surface area contributed by atoms with Gasteiger partial charge in [0.15, 0.2) is 16.6 Å². The van der Waals surface area contributed by atoms with Crippen LogP contribution in [-0.4, -0.2) is 30.2 Å². The molecule has 0 spiro atoms. The SMILES string of the molecule is COc1ccc(-c2csc(NC(=O)c3cc(Br)ccc3O)n2)cc1OC. The number of benzene rings is 2. The Balaban J connectivity index is 1.82. The van der Waals surface area contributed by atoms with Crippen molar-refractivity contribution in [3.63, 3.8) is 0 Å². The topological polar surface area (TPSA) is 80.7 Å². The number of hydrogen-bond donors (Lipinski definition) is 2. The largest absolute Gasteiger partial charge is 0.507 e. The summed E-state index contributed by atoms with van der Waals surface area (Å²) in [6.07, 6.45) is 0. The van der Waals surface area contributed by atoms with Crippen LogP contribution in [0.2, 0.25) is 0 Å². The molecular weight excluding hydrogens is 420 g/mol. The predicted octanol–water partition coefficient (Wildman–Crippen LogP) is 4.55. The molecule has 0 aliphatic carbocycles. The molecule has 0 bridgehead atoms. The lowest BCUT2D eigenvalue weighted by Crippen LogP contribution is -2.11. The fourth-order valence-electron chi connectivity index (χ4n) is 2.31. The number of anilines is 1. The number of carbonyl (C=O) groups is 1. The third-order valence-corrected chi connectivity index (χ3v) is 4.86. The van der Waals surface area contributed by atoms with E-state index in [1.54, 1.807) is 32.4 Å². The van der Waals surface area contributed by atoms with Gasteiger partial charge in [0.2, 0.25) is 0 Å². The fourth-order valence-corrected chi connectivity index (χ4v) is 3.39. The molecule has 2 N–H and O–H groups in total. The van der Waals surface area contributed by atoms with Crippen LogP contribution < -0.4 is 14.8 Å². The Morgan fingerprint density at radius 1 is 1.15 bits per heavy atom. The summed E-state index contributed by atoms with van der Waals surface area (Å²) in [5, 5.41) is 14.8. The second-order valence-corrected chi connectivity index (χ2v) is 7.00. The molecule has 0 radical (unpaired) electrons. The number of amides is 1. The van der Waals surface area contributed by atoms with Crippen molar-refractivity contribution in [3.8, 4) is 28.5 Å². The smallest absolute Gasteiger partial charge is 0.261 e. The summed E-state index contributed by atoms with van der Waals surface area (Å²) in [5.41, 5.74) is 1.71. The lowest BCUT2D eigenvalue weighted by atomic mass is 10.1. The van der Waals surface area contributed by atoms with Gasteiger partial charge < -0.3 is 14.6 Å². The number of thiazole rings is 1.